The molecule has 6 nitrogen and oxygen atoms in total. The maximum Gasteiger partial charge on any atom is 0.244 e. The number of sulfonamides is 1. The van der Waals surface area contributed by atoms with E-state index in [9.17, 15) is 17.6 Å². The number of hydrogen-bond acceptors (Lipinski definition) is 5. The first-order valence-corrected chi connectivity index (χ1v) is 12.4. The first kappa shape index (κ1) is 24.1. The van der Waals surface area contributed by atoms with Gasteiger partial charge in [0.05, 0.1) is 6.04 Å². The summed E-state index contributed by atoms with van der Waals surface area (Å²) >= 11 is 1.58. The van der Waals surface area contributed by atoms with E-state index >= 15 is 0 Å². The molecule has 0 aliphatic carbocycles. The van der Waals surface area contributed by atoms with E-state index in [-0.39, 0.29) is 12.5 Å². The quantitative estimate of drug-likeness (QED) is 0.472. The van der Waals surface area contributed by atoms with Crippen molar-refractivity contribution >= 4 is 27.3 Å². The predicted molar refractivity (Wildman–Crippen MR) is 124 cm³/mol. The number of likely N-dealkylation sites (N-methyl/N-ethyl adjacent to an activating group) is 1. The van der Waals surface area contributed by atoms with Crippen LogP contribution in [-0.2, 0) is 21.2 Å². The van der Waals surface area contributed by atoms with E-state index in [0.717, 1.165) is 16.5 Å². The minimum atomic E-state index is -4.25. The maximum absolute atomic E-state index is 14.1. The Balaban J connectivity index is 1.80. The molecule has 0 saturated carbocycles. The summed E-state index contributed by atoms with van der Waals surface area (Å²) in [6.07, 6.45) is 0.131. The minimum absolute atomic E-state index is 0.0560. The van der Waals surface area contributed by atoms with Crippen LogP contribution < -0.4 is 10.0 Å². The second kappa shape index (κ2) is 10.8. The number of hydrogen-bond donors (Lipinski definition) is 2. The SMILES string of the molecule is CN(C)[C@H](CNC(=O)[C@@H](Cc1ccccc1)NS(=O)(=O)c1ccccc1F)c1cccs1. The van der Waals surface area contributed by atoms with E-state index in [1.807, 2.05) is 66.8 Å². The fourth-order valence-corrected chi connectivity index (χ4v) is 5.49. The van der Waals surface area contributed by atoms with E-state index in [4.69, 9.17) is 0 Å². The largest absolute Gasteiger partial charge is 0.353 e. The van der Waals surface area contributed by atoms with Crippen molar-refractivity contribution in [1.82, 2.24) is 14.9 Å². The zero-order valence-corrected chi connectivity index (χ0v) is 19.5. The van der Waals surface area contributed by atoms with Crippen LogP contribution in [0.3, 0.4) is 0 Å². The molecule has 2 aromatic carbocycles. The molecule has 2 N–H and O–H groups in total. The number of benzene rings is 2. The van der Waals surface area contributed by atoms with Crippen molar-refractivity contribution in [2.75, 3.05) is 20.6 Å². The molecule has 170 valence electrons. The molecule has 2 atom stereocenters. The third-order valence-corrected chi connectivity index (χ3v) is 7.47. The smallest absolute Gasteiger partial charge is 0.244 e. The van der Waals surface area contributed by atoms with Gasteiger partial charge in [-0.1, -0.05) is 48.5 Å². The molecule has 0 spiro atoms. The van der Waals surface area contributed by atoms with Gasteiger partial charge in [0.15, 0.2) is 0 Å². The van der Waals surface area contributed by atoms with Gasteiger partial charge in [-0.2, -0.15) is 4.72 Å². The van der Waals surface area contributed by atoms with Gasteiger partial charge in [0.2, 0.25) is 15.9 Å². The lowest BCUT2D eigenvalue weighted by Gasteiger charge is -2.25. The molecule has 0 bridgehead atoms. The average molecular weight is 476 g/mol. The van der Waals surface area contributed by atoms with Crippen LogP contribution in [0.25, 0.3) is 0 Å². The van der Waals surface area contributed by atoms with Crippen molar-refractivity contribution in [3.8, 4) is 0 Å². The van der Waals surface area contributed by atoms with Gasteiger partial charge in [0, 0.05) is 11.4 Å². The highest BCUT2D eigenvalue weighted by Crippen LogP contribution is 2.22. The Morgan fingerprint density at radius 3 is 2.34 bits per heavy atom. The summed E-state index contributed by atoms with van der Waals surface area (Å²) in [7, 11) is -0.416. The molecular formula is C23H26FN3O3S2. The van der Waals surface area contributed by atoms with Crippen LogP contribution in [0.4, 0.5) is 4.39 Å². The summed E-state index contributed by atoms with van der Waals surface area (Å²) in [5.74, 6) is -1.35. The molecule has 1 amide bonds. The molecule has 0 fully saturated rings. The highest BCUT2D eigenvalue weighted by molar-refractivity contribution is 7.89. The molecule has 1 aromatic heterocycles. The summed E-state index contributed by atoms with van der Waals surface area (Å²) in [5.41, 5.74) is 0.784. The fourth-order valence-electron chi connectivity index (χ4n) is 3.29. The van der Waals surface area contributed by atoms with Crippen molar-refractivity contribution in [2.45, 2.75) is 23.4 Å². The number of carbonyl (C=O) groups is 1. The van der Waals surface area contributed by atoms with E-state index in [0.29, 0.717) is 6.54 Å². The van der Waals surface area contributed by atoms with E-state index in [1.54, 1.807) is 11.3 Å². The van der Waals surface area contributed by atoms with Gasteiger partial charge in [0.1, 0.15) is 16.8 Å². The molecule has 0 aliphatic heterocycles. The Labute approximate surface area is 192 Å². The number of nitrogens with zero attached hydrogens (tertiary/aromatic N) is 1. The fraction of sp³-hybridized carbons (Fsp3) is 0.261. The van der Waals surface area contributed by atoms with Crippen LogP contribution in [-0.4, -0.2) is 45.9 Å². The van der Waals surface area contributed by atoms with Crippen LogP contribution in [0.15, 0.2) is 77.0 Å². The zero-order valence-electron chi connectivity index (χ0n) is 17.9. The second-order valence-corrected chi connectivity index (χ2v) is 10.2. The molecule has 3 aromatic rings. The van der Waals surface area contributed by atoms with Crippen LogP contribution in [0.2, 0.25) is 0 Å². The van der Waals surface area contributed by atoms with Gasteiger partial charge in [-0.3, -0.25) is 4.79 Å². The van der Waals surface area contributed by atoms with Gasteiger partial charge in [-0.25, -0.2) is 12.8 Å². The highest BCUT2D eigenvalue weighted by atomic mass is 32.2. The third kappa shape index (κ3) is 6.23. The average Bonchev–Trinajstić information content (AvgIpc) is 3.28. The van der Waals surface area contributed by atoms with E-state index < -0.39 is 32.7 Å². The summed E-state index contributed by atoms with van der Waals surface area (Å²) in [5, 5.41) is 4.83. The zero-order chi connectivity index (χ0) is 23.1. The van der Waals surface area contributed by atoms with Gasteiger partial charge < -0.3 is 10.2 Å². The van der Waals surface area contributed by atoms with Crippen LogP contribution in [0.5, 0.6) is 0 Å². The van der Waals surface area contributed by atoms with Crippen molar-refractivity contribution in [1.29, 1.82) is 0 Å². The van der Waals surface area contributed by atoms with Crippen molar-refractivity contribution < 1.29 is 17.6 Å². The maximum atomic E-state index is 14.1. The topological polar surface area (TPSA) is 78.5 Å². The summed E-state index contributed by atoms with van der Waals surface area (Å²) in [6.45, 7) is 0.305. The minimum Gasteiger partial charge on any atom is -0.353 e. The number of nitrogens with one attached hydrogen (secondary N) is 2. The lowest BCUT2D eigenvalue weighted by molar-refractivity contribution is -0.122. The van der Waals surface area contributed by atoms with E-state index in [2.05, 4.69) is 10.0 Å². The van der Waals surface area contributed by atoms with Crippen LogP contribution in [0.1, 0.15) is 16.5 Å². The van der Waals surface area contributed by atoms with Crippen molar-refractivity contribution in [3.05, 3.63) is 88.4 Å². The molecular weight excluding hydrogens is 449 g/mol. The van der Waals surface area contributed by atoms with Crippen LogP contribution in [0, 0.1) is 5.82 Å². The first-order chi connectivity index (χ1) is 15.3. The molecule has 32 heavy (non-hydrogen) atoms. The number of amides is 1. The monoisotopic (exact) mass is 475 g/mol. The number of halogens is 1. The molecule has 3 rings (SSSR count). The molecule has 0 radical (unpaired) electrons. The summed E-state index contributed by atoms with van der Waals surface area (Å²) in [6, 6.07) is 17.0. The first-order valence-electron chi connectivity index (χ1n) is 10.1. The Bertz CT molecular complexity index is 1120. The van der Waals surface area contributed by atoms with Gasteiger partial charge in [-0.15, -0.1) is 11.3 Å². The van der Waals surface area contributed by atoms with Crippen molar-refractivity contribution in [3.63, 3.8) is 0 Å². The lowest BCUT2D eigenvalue weighted by Crippen LogP contribution is -2.49. The lowest BCUT2D eigenvalue weighted by atomic mass is 10.1. The van der Waals surface area contributed by atoms with Gasteiger partial charge >= 0.3 is 0 Å². The standard InChI is InChI=1S/C23H26FN3O3S2/c1-27(2)20(21-12-8-14-31-21)16-25-23(28)19(15-17-9-4-3-5-10-17)26-32(29,30)22-13-7-6-11-18(22)24/h3-14,19-20,26H,15-16H2,1-2H3,(H,25,28)/t19-,20-/m1/s1. The second-order valence-electron chi connectivity index (χ2n) is 7.53. The highest BCUT2D eigenvalue weighted by Gasteiger charge is 2.28. The molecule has 9 heteroatoms. The number of thiophene rings is 1. The Hall–Kier alpha value is -2.59. The summed E-state index contributed by atoms with van der Waals surface area (Å²) < 4.78 is 42.2. The van der Waals surface area contributed by atoms with Crippen molar-refractivity contribution in [2.24, 2.45) is 0 Å². The Kier molecular flexibility index (Phi) is 8.14. The van der Waals surface area contributed by atoms with Gasteiger partial charge in [0.25, 0.3) is 0 Å². The van der Waals surface area contributed by atoms with Gasteiger partial charge in [-0.05, 0) is 49.7 Å². The molecule has 1 heterocycles. The van der Waals surface area contributed by atoms with E-state index in [1.165, 1.54) is 18.2 Å². The predicted octanol–water partition coefficient (Wildman–Crippen LogP) is 3.20. The number of carbonyl (C=O) groups excluding carboxylic acids is 1. The van der Waals surface area contributed by atoms with Crippen LogP contribution >= 0.6 is 11.3 Å². The molecule has 0 saturated heterocycles. The normalized spacial score (nSPS) is 13.6. The molecule has 0 aliphatic rings. The Morgan fingerprint density at radius 2 is 1.72 bits per heavy atom. The molecule has 0 unspecified atom stereocenters. The number of rotatable bonds is 10. The third-order valence-electron chi connectivity index (χ3n) is 4.99. The Morgan fingerprint density at radius 1 is 1.03 bits per heavy atom. The summed E-state index contributed by atoms with van der Waals surface area (Å²) in [4.78, 5) is 15.7.